The highest BCUT2D eigenvalue weighted by atomic mass is 35.5. The molecule has 3 rings (SSSR count). The fraction of sp³-hybridized carbons (Fsp3) is 0.545. The van der Waals surface area contributed by atoms with Gasteiger partial charge in [-0.1, -0.05) is 0 Å². The Morgan fingerprint density at radius 1 is 1.33 bits per heavy atom. The molecular weight excluding hydrogens is 212 g/mol. The van der Waals surface area contributed by atoms with Crippen LogP contribution in [-0.4, -0.2) is 23.4 Å². The van der Waals surface area contributed by atoms with Crippen molar-refractivity contribution < 1.29 is 4.79 Å². The van der Waals surface area contributed by atoms with Gasteiger partial charge in [0.15, 0.2) is 5.78 Å². The highest BCUT2D eigenvalue weighted by Gasteiger charge is 2.45. The number of nitrogens with one attached hydrogen (secondary N) is 1. The summed E-state index contributed by atoms with van der Waals surface area (Å²) in [5.41, 5.74) is 0.842. The lowest BCUT2D eigenvalue weighted by Crippen LogP contribution is -2.40. The molecule has 1 spiro atoms. The predicted octanol–water partition coefficient (Wildman–Crippen LogP) is 1.48. The minimum Gasteiger partial charge on any atom is -0.344 e. The van der Waals surface area contributed by atoms with Crippen molar-refractivity contribution in [2.45, 2.75) is 19.4 Å². The number of Topliss-reactive ketones (excluding diaryl/α,β-unsaturated/α-hetero) is 1. The molecule has 1 aromatic rings. The highest BCUT2D eigenvalue weighted by Crippen LogP contribution is 2.39. The van der Waals surface area contributed by atoms with Gasteiger partial charge in [0.2, 0.25) is 0 Å². The molecule has 1 saturated heterocycles. The lowest BCUT2D eigenvalue weighted by Gasteiger charge is -2.31. The monoisotopic (exact) mass is 226 g/mol. The van der Waals surface area contributed by atoms with Crippen LogP contribution in [-0.2, 0) is 6.54 Å². The highest BCUT2D eigenvalue weighted by molar-refractivity contribution is 6.01. The Balaban J connectivity index is 0.000000853. The van der Waals surface area contributed by atoms with E-state index in [1.54, 1.807) is 0 Å². The van der Waals surface area contributed by atoms with Gasteiger partial charge in [0.05, 0.1) is 11.1 Å². The molecule has 2 aliphatic heterocycles. The molecule has 0 atom stereocenters. The fourth-order valence-corrected chi connectivity index (χ4v) is 2.72. The SMILES string of the molecule is Cl.O=C1c2cccn2CC12CCNCC2. The minimum absolute atomic E-state index is 0. The second-order valence-electron chi connectivity index (χ2n) is 4.38. The maximum atomic E-state index is 12.2. The number of halogens is 1. The molecule has 3 heterocycles. The van der Waals surface area contributed by atoms with Gasteiger partial charge in [-0.2, -0.15) is 0 Å². The average molecular weight is 227 g/mol. The molecule has 2 aliphatic rings. The Labute approximate surface area is 95.3 Å². The molecule has 1 N–H and O–H groups in total. The predicted molar refractivity (Wildman–Crippen MR) is 60.5 cm³/mol. The summed E-state index contributed by atoms with van der Waals surface area (Å²) in [6.07, 6.45) is 4.01. The molecule has 0 radical (unpaired) electrons. The molecule has 0 aromatic carbocycles. The first-order chi connectivity index (χ1) is 6.82. The first-order valence-corrected chi connectivity index (χ1v) is 5.23. The number of ketones is 1. The van der Waals surface area contributed by atoms with Crippen LogP contribution in [0.4, 0.5) is 0 Å². The quantitative estimate of drug-likeness (QED) is 0.727. The summed E-state index contributed by atoms with van der Waals surface area (Å²) in [5.74, 6) is 0.365. The van der Waals surface area contributed by atoms with Crippen LogP contribution in [0.3, 0.4) is 0 Å². The van der Waals surface area contributed by atoms with Gasteiger partial charge in [0.25, 0.3) is 0 Å². The van der Waals surface area contributed by atoms with Crippen molar-refractivity contribution in [1.82, 2.24) is 9.88 Å². The Hall–Kier alpha value is -0.800. The number of rotatable bonds is 0. The van der Waals surface area contributed by atoms with Gasteiger partial charge < -0.3 is 9.88 Å². The molecule has 15 heavy (non-hydrogen) atoms. The number of fused-ring (bicyclic) bond motifs is 1. The average Bonchev–Trinajstić information content (AvgIpc) is 2.73. The summed E-state index contributed by atoms with van der Waals surface area (Å²) < 4.78 is 2.10. The van der Waals surface area contributed by atoms with E-state index in [0.29, 0.717) is 5.78 Å². The molecule has 0 unspecified atom stereocenters. The zero-order chi connectivity index (χ0) is 9.60. The summed E-state index contributed by atoms with van der Waals surface area (Å²) >= 11 is 0. The van der Waals surface area contributed by atoms with E-state index >= 15 is 0 Å². The normalized spacial score (nSPS) is 22.5. The first-order valence-electron chi connectivity index (χ1n) is 5.23. The van der Waals surface area contributed by atoms with E-state index in [9.17, 15) is 4.79 Å². The molecule has 82 valence electrons. The number of carbonyl (C=O) groups is 1. The van der Waals surface area contributed by atoms with Crippen LogP contribution in [0, 0.1) is 5.41 Å². The van der Waals surface area contributed by atoms with E-state index in [4.69, 9.17) is 0 Å². The van der Waals surface area contributed by atoms with Crippen molar-refractivity contribution >= 4 is 18.2 Å². The Kier molecular flexibility index (Phi) is 2.61. The van der Waals surface area contributed by atoms with Crippen LogP contribution in [0.2, 0.25) is 0 Å². The van der Waals surface area contributed by atoms with Crippen molar-refractivity contribution in [3.63, 3.8) is 0 Å². The van der Waals surface area contributed by atoms with E-state index in [1.807, 2.05) is 18.3 Å². The van der Waals surface area contributed by atoms with Crippen LogP contribution in [0.25, 0.3) is 0 Å². The summed E-state index contributed by atoms with van der Waals surface area (Å²) in [5, 5.41) is 3.31. The third-order valence-electron chi connectivity index (χ3n) is 3.58. The number of hydrogen-bond acceptors (Lipinski definition) is 2. The maximum Gasteiger partial charge on any atom is 0.187 e. The van der Waals surface area contributed by atoms with E-state index in [1.165, 1.54) is 0 Å². The van der Waals surface area contributed by atoms with Crippen molar-refractivity contribution in [1.29, 1.82) is 0 Å². The van der Waals surface area contributed by atoms with Crippen LogP contribution >= 0.6 is 12.4 Å². The van der Waals surface area contributed by atoms with Crippen molar-refractivity contribution in [3.8, 4) is 0 Å². The van der Waals surface area contributed by atoms with Crippen LogP contribution < -0.4 is 5.32 Å². The molecule has 0 aliphatic carbocycles. The van der Waals surface area contributed by atoms with Gasteiger partial charge >= 0.3 is 0 Å². The summed E-state index contributed by atoms with van der Waals surface area (Å²) in [6, 6.07) is 3.90. The van der Waals surface area contributed by atoms with Crippen LogP contribution in [0.5, 0.6) is 0 Å². The molecule has 3 nitrogen and oxygen atoms in total. The molecule has 0 bridgehead atoms. The topological polar surface area (TPSA) is 34.0 Å². The molecule has 4 heteroatoms. The van der Waals surface area contributed by atoms with Gasteiger partial charge in [0, 0.05) is 12.7 Å². The Bertz CT molecular complexity index is 380. The third kappa shape index (κ3) is 1.42. The summed E-state index contributed by atoms with van der Waals surface area (Å²) in [6.45, 7) is 2.86. The Morgan fingerprint density at radius 3 is 2.73 bits per heavy atom. The van der Waals surface area contributed by atoms with Gasteiger partial charge in [-0.3, -0.25) is 4.79 Å². The number of aromatic nitrogens is 1. The maximum absolute atomic E-state index is 12.2. The molecule has 0 amide bonds. The van der Waals surface area contributed by atoms with Gasteiger partial charge in [0.1, 0.15) is 0 Å². The van der Waals surface area contributed by atoms with E-state index in [0.717, 1.165) is 38.2 Å². The molecule has 0 saturated carbocycles. The van der Waals surface area contributed by atoms with Crippen molar-refractivity contribution in [2.75, 3.05) is 13.1 Å². The number of carbonyl (C=O) groups excluding carboxylic acids is 1. The molecule has 1 fully saturated rings. The molecular formula is C11H15ClN2O. The summed E-state index contributed by atoms with van der Waals surface area (Å²) in [7, 11) is 0. The van der Waals surface area contributed by atoms with Gasteiger partial charge in [-0.05, 0) is 38.1 Å². The lowest BCUT2D eigenvalue weighted by atomic mass is 9.76. The zero-order valence-corrected chi connectivity index (χ0v) is 9.35. The van der Waals surface area contributed by atoms with Gasteiger partial charge in [-0.25, -0.2) is 0 Å². The number of hydrogen-bond donors (Lipinski definition) is 1. The van der Waals surface area contributed by atoms with Gasteiger partial charge in [-0.15, -0.1) is 12.4 Å². The van der Waals surface area contributed by atoms with Crippen molar-refractivity contribution in [2.24, 2.45) is 5.41 Å². The number of nitrogens with zero attached hydrogens (tertiary/aromatic N) is 1. The minimum atomic E-state index is -0.0676. The van der Waals surface area contributed by atoms with E-state index in [2.05, 4.69) is 9.88 Å². The van der Waals surface area contributed by atoms with E-state index in [-0.39, 0.29) is 17.8 Å². The van der Waals surface area contributed by atoms with Crippen LogP contribution in [0.1, 0.15) is 23.3 Å². The zero-order valence-electron chi connectivity index (χ0n) is 8.53. The van der Waals surface area contributed by atoms with Crippen LogP contribution in [0.15, 0.2) is 18.3 Å². The van der Waals surface area contributed by atoms with Crippen molar-refractivity contribution in [3.05, 3.63) is 24.0 Å². The smallest absolute Gasteiger partial charge is 0.187 e. The molecule has 1 aromatic heterocycles. The second-order valence-corrected chi connectivity index (χ2v) is 4.38. The lowest BCUT2D eigenvalue weighted by molar-refractivity contribution is 0.0752. The summed E-state index contributed by atoms with van der Waals surface area (Å²) in [4.78, 5) is 12.2. The fourth-order valence-electron chi connectivity index (χ4n) is 2.72. The first kappa shape index (κ1) is 10.7. The van der Waals surface area contributed by atoms with E-state index < -0.39 is 0 Å². The second kappa shape index (κ2) is 3.65. The largest absolute Gasteiger partial charge is 0.344 e. The number of piperidine rings is 1. The Morgan fingerprint density at radius 2 is 2.07 bits per heavy atom. The standard InChI is InChI=1S/C11H14N2O.ClH/c14-10-9-2-1-7-13(9)8-11(10)3-5-12-6-4-11;/h1-2,7,12H,3-6,8H2;1H. The third-order valence-corrected chi connectivity index (χ3v) is 3.58.